The normalized spacial score (nSPS) is 10.6. The van der Waals surface area contributed by atoms with Gasteiger partial charge in [-0.2, -0.15) is 0 Å². The largest absolute Gasteiger partial charge is 0.496 e. The molecule has 0 aliphatic rings. The van der Waals surface area contributed by atoms with E-state index in [1.807, 2.05) is 54.6 Å². The summed E-state index contributed by atoms with van der Waals surface area (Å²) in [4.78, 5) is 0. The van der Waals surface area contributed by atoms with E-state index in [2.05, 4.69) is 23.5 Å². The van der Waals surface area contributed by atoms with Gasteiger partial charge in [-0.25, -0.2) is 0 Å². The molecular weight excluding hydrogens is 358 g/mol. The highest BCUT2D eigenvalue weighted by molar-refractivity contribution is 6.30. The van der Waals surface area contributed by atoms with Crippen molar-refractivity contribution in [3.8, 4) is 11.5 Å². The van der Waals surface area contributed by atoms with Crippen LogP contribution in [0.3, 0.4) is 0 Å². The number of rotatable bonds is 9. The van der Waals surface area contributed by atoms with E-state index in [9.17, 15) is 0 Å². The maximum Gasteiger partial charge on any atom is 0.122 e. The molecule has 0 saturated heterocycles. The molecule has 0 atom stereocenters. The summed E-state index contributed by atoms with van der Waals surface area (Å²) in [5.41, 5.74) is 3.51. The number of nitrogens with one attached hydrogen (secondary N) is 1. The Balaban J connectivity index is 1.42. The number of methoxy groups -OCH3 is 1. The fourth-order valence-electron chi connectivity index (χ4n) is 2.86. The monoisotopic (exact) mass is 381 g/mol. The Morgan fingerprint density at radius 1 is 0.889 bits per heavy atom. The maximum absolute atomic E-state index is 5.99. The molecule has 0 fully saturated rings. The van der Waals surface area contributed by atoms with E-state index in [0.29, 0.717) is 6.61 Å². The van der Waals surface area contributed by atoms with Crippen molar-refractivity contribution in [1.29, 1.82) is 0 Å². The van der Waals surface area contributed by atoms with Gasteiger partial charge in [-0.15, -0.1) is 0 Å². The Morgan fingerprint density at radius 2 is 1.70 bits per heavy atom. The molecule has 0 heterocycles. The van der Waals surface area contributed by atoms with Crippen LogP contribution in [-0.4, -0.2) is 13.7 Å². The zero-order valence-corrected chi connectivity index (χ0v) is 16.2. The van der Waals surface area contributed by atoms with E-state index in [-0.39, 0.29) is 0 Å². The lowest BCUT2D eigenvalue weighted by Crippen LogP contribution is -2.16. The number of para-hydroxylation sites is 1. The summed E-state index contributed by atoms with van der Waals surface area (Å²) in [5.74, 6) is 1.80. The second-order valence-corrected chi connectivity index (χ2v) is 6.74. The summed E-state index contributed by atoms with van der Waals surface area (Å²) in [6.07, 6.45) is 0.935. The molecule has 3 rings (SSSR count). The first-order chi connectivity index (χ1) is 13.2. The summed E-state index contributed by atoms with van der Waals surface area (Å²) < 4.78 is 11.2. The molecule has 27 heavy (non-hydrogen) atoms. The summed E-state index contributed by atoms with van der Waals surface area (Å²) in [5, 5.41) is 4.20. The van der Waals surface area contributed by atoms with Crippen LogP contribution in [-0.2, 0) is 19.6 Å². The number of ether oxygens (including phenoxy) is 2. The van der Waals surface area contributed by atoms with Crippen LogP contribution in [0, 0.1) is 0 Å². The first-order valence-corrected chi connectivity index (χ1v) is 9.41. The van der Waals surface area contributed by atoms with E-state index in [1.165, 1.54) is 11.1 Å². The zero-order chi connectivity index (χ0) is 18.9. The fraction of sp³-hybridized carbons (Fsp3) is 0.217. The molecule has 0 radical (unpaired) electrons. The first kappa shape index (κ1) is 19.3. The quantitative estimate of drug-likeness (QED) is 0.513. The average Bonchev–Trinajstić information content (AvgIpc) is 2.71. The van der Waals surface area contributed by atoms with E-state index in [1.54, 1.807) is 7.11 Å². The third-order valence-corrected chi connectivity index (χ3v) is 4.55. The molecule has 1 N–H and O–H groups in total. The van der Waals surface area contributed by atoms with Crippen LogP contribution in [0.1, 0.15) is 16.7 Å². The minimum absolute atomic E-state index is 0.511. The molecule has 0 amide bonds. The first-order valence-electron chi connectivity index (χ1n) is 9.03. The molecule has 3 aromatic rings. The molecule has 0 spiro atoms. The highest BCUT2D eigenvalue weighted by Gasteiger charge is 2.02. The van der Waals surface area contributed by atoms with Crippen molar-refractivity contribution in [2.45, 2.75) is 19.6 Å². The minimum Gasteiger partial charge on any atom is -0.496 e. The van der Waals surface area contributed by atoms with Gasteiger partial charge >= 0.3 is 0 Å². The van der Waals surface area contributed by atoms with E-state index < -0.39 is 0 Å². The highest BCUT2D eigenvalue weighted by atomic mass is 35.5. The van der Waals surface area contributed by atoms with E-state index in [0.717, 1.165) is 41.6 Å². The maximum atomic E-state index is 5.99. The van der Waals surface area contributed by atoms with Crippen molar-refractivity contribution in [1.82, 2.24) is 5.32 Å². The molecule has 0 bridgehead atoms. The van der Waals surface area contributed by atoms with Crippen LogP contribution in [0.15, 0.2) is 72.8 Å². The summed E-state index contributed by atoms with van der Waals surface area (Å²) in [6, 6.07) is 24.0. The lowest BCUT2D eigenvalue weighted by atomic mass is 10.1. The molecule has 0 aliphatic heterocycles. The van der Waals surface area contributed by atoms with Crippen LogP contribution < -0.4 is 14.8 Å². The van der Waals surface area contributed by atoms with Crippen molar-refractivity contribution >= 4 is 11.6 Å². The highest BCUT2D eigenvalue weighted by Crippen LogP contribution is 2.18. The molecule has 3 aromatic carbocycles. The van der Waals surface area contributed by atoms with Crippen LogP contribution in [0.25, 0.3) is 0 Å². The number of hydrogen-bond acceptors (Lipinski definition) is 3. The van der Waals surface area contributed by atoms with Crippen LogP contribution >= 0.6 is 11.6 Å². The van der Waals surface area contributed by atoms with Crippen LogP contribution in [0.5, 0.6) is 11.5 Å². The third-order valence-electron chi connectivity index (χ3n) is 4.31. The second kappa shape index (κ2) is 10.0. The molecule has 0 unspecified atom stereocenters. The second-order valence-electron chi connectivity index (χ2n) is 6.30. The number of benzene rings is 3. The molecule has 0 aliphatic carbocycles. The lowest BCUT2D eigenvalue weighted by Gasteiger charge is -2.10. The fourth-order valence-corrected chi connectivity index (χ4v) is 3.08. The van der Waals surface area contributed by atoms with Gasteiger partial charge < -0.3 is 14.8 Å². The summed E-state index contributed by atoms with van der Waals surface area (Å²) >= 11 is 5.99. The standard InChI is InChI=1S/C23H24ClNO2/c1-26-23-8-3-2-6-20(23)13-14-25-16-18-9-11-22(12-10-18)27-17-19-5-4-7-21(24)15-19/h2-12,15,25H,13-14,16-17H2,1H3. The number of halogens is 1. The van der Waals surface area contributed by atoms with Crippen molar-refractivity contribution in [3.63, 3.8) is 0 Å². The smallest absolute Gasteiger partial charge is 0.122 e. The zero-order valence-electron chi connectivity index (χ0n) is 15.5. The van der Waals surface area contributed by atoms with Gasteiger partial charge in [0, 0.05) is 11.6 Å². The van der Waals surface area contributed by atoms with Crippen molar-refractivity contribution in [3.05, 3.63) is 94.5 Å². The molecular formula is C23H24ClNO2. The van der Waals surface area contributed by atoms with Crippen LogP contribution in [0.2, 0.25) is 5.02 Å². The molecule has 0 saturated carbocycles. The Hall–Kier alpha value is -2.49. The summed E-state index contributed by atoms with van der Waals surface area (Å²) in [7, 11) is 1.71. The van der Waals surface area contributed by atoms with Gasteiger partial charge in [0.15, 0.2) is 0 Å². The molecule has 4 heteroatoms. The van der Waals surface area contributed by atoms with E-state index >= 15 is 0 Å². The third kappa shape index (κ3) is 6.02. The van der Waals surface area contributed by atoms with Gasteiger partial charge in [0.2, 0.25) is 0 Å². The van der Waals surface area contributed by atoms with Gasteiger partial charge in [0.1, 0.15) is 18.1 Å². The Kier molecular flexibility index (Phi) is 7.14. The topological polar surface area (TPSA) is 30.5 Å². The lowest BCUT2D eigenvalue weighted by molar-refractivity contribution is 0.306. The minimum atomic E-state index is 0.511. The van der Waals surface area contributed by atoms with Gasteiger partial charge in [-0.1, -0.05) is 54.1 Å². The van der Waals surface area contributed by atoms with Crippen molar-refractivity contribution in [2.75, 3.05) is 13.7 Å². The van der Waals surface area contributed by atoms with Gasteiger partial charge in [0.25, 0.3) is 0 Å². The number of hydrogen-bond donors (Lipinski definition) is 1. The molecule has 0 aromatic heterocycles. The van der Waals surface area contributed by atoms with Gasteiger partial charge in [-0.05, 0) is 60.0 Å². The Labute approximate surface area is 165 Å². The molecule has 140 valence electrons. The van der Waals surface area contributed by atoms with E-state index in [4.69, 9.17) is 21.1 Å². The Bertz CT molecular complexity index is 849. The van der Waals surface area contributed by atoms with Gasteiger partial charge in [0.05, 0.1) is 7.11 Å². The van der Waals surface area contributed by atoms with Gasteiger partial charge in [-0.3, -0.25) is 0 Å². The van der Waals surface area contributed by atoms with Crippen molar-refractivity contribution < 1.29 is 9.47 Å². The molecule has 3 nitrogen and oxygen atoms in total. The average molecular weight is 382 g/mol. The SMILES string of the molecule is COc1ccccc1CCNCc1ccc(OCc2cccc(Cl)c2)cc1. The van der Waals surface area contributed by atoms with Crippen LogP contribution in [0.4, 0.5) is 0 Å². The predicted octanol–water partition coefficient (Wildman–Crippen LogP) is 5.26. The van der Waals surface area contributed by atoms with Crippen molar-refractivity contribution in [2.24, 2.45) is 0 Å². The predicted molar refractivity (Wildman–Crippen MR) is 111 cm³/mol. The Morgan fingerprint density at radius 3 is 2.48 bits per heavy atom. The summed E-state index contributed by atoms with van der Waals surface area (Å²) in [6.45, 7) is 2.23.